The molecule has 17 heavy (non-hydrogen) atoms. The van der Waals surface area contributed by atoms with Gasteiger partial charge < -0.3 is 5.01 Å². The summed E-state index contributed by atoms with van der Waals surface area (Å²) < 4.78 is 0. The van der Waals surface area contributed by atoms with Gasteiger partial charge in [-0.3, -0.25) is 0 Å². The van der Waals surface area contributed by atoms with Crippen LogP contribution in [0.4, 0.5) is 5.69 Å². The smallest absolute Gasteiger partial charge is 0.0517 e. The van der Waals surface area contributed by atoms with Crippen molar-refractivity contribution in [3.63, 3.8) is 0 Å². The average Bonchev–Trinajstić information content (AvgIpc) is 2.41. The molecule has 0 aliphatic heterocycles. The van der Waals surface area contributed by atoms with E-state index in [1.807, 2.05) is 36.4 Å². The number of rotatable bonds is 5. The summed E-state index contributed by atoms with van der Waals surface area (Å²) in [5.41, 5.74) is 2.35. The molecule has 2 rings (SSSR count). The van der Waals surface area contributed by atoms with Gasteiger partial charge in [0.15, 0.2) is 0 Å². The lowest BCUT2D eigenvalue weighted by Crippen LogP contribution is -2.32. The number of hydrogen-bond acceptors (Lipinski definition) is 2. The van der Waals surface area contributed by atoms with E-state index in [2.05, 4.69) is 30.7 Å². The summed E-state index contributed by atoms with van der Waals surface area (Å²) in [5, 5.41) is 1.75. The Kier molecular flexibility index (Phi) is 4.17. The minimum atomic E-state index is 0.749. The number of nitrogens with zero attached hydrogens (tertiary/aromatic N) is 1. The van der Waals surface area contributed by atoms with Crippen molar-refractivity contribution in [1.29, 1.82) is 0 Å². The second kappa shape index (κ2) is 6.06. The molecule has 0 aromatic heterocycles. The Morgan fingerprint density at radius 3 is 2.12 bits per heavy atom. The molecule has 0 amide bonds. The van der Waals surface area contributed by atoms with Gasteiger partial charge in [-0.05, 0) is 30.5 Å². The summed E-state index contributed by atoms with van der Waals surface area (Å²) in [5.74, 6) is 5.96. The summed E-state index contributed by atoms with van der Waals surface area (Å²) >= 11 is 0. The molecule has 0 bridgehead atoms. The fourth-order valence-electron chi connectivity index (χ4n) is 1.71. The van der Waals surface area contributed by atoms with Gasteiger partial charge in [0.05, 0.1) is 5.69 Å². The van der Waals surface area contributed by atoms with Crippen molar-refractivity contribution < 1.29 is 0 Å². The molecular weight excluding hydrogens is 208 g/mol. The second-order valence-electron chi connectivity index (χ2n) is 3.97. The van der Waals surface area contributed by atoms with Crippen molar-refractivity contribution in [3.05, 3.63) is 72.6 Å². The molecule has 0 fully saturated rings. The van der Waals surface area contributed by atoms with Crippen LogP contribution in [-0.2, 0) is 6.42 Å². The van der Waals surface area contributed by atoms with E-state index in [1.165, 1.54) is 5.56 Å². The number of anilines is 1. The molecule has 1 radical (unpaired) electrons. The Balaban J connectivity index is 1.79. The summed E-state index contributed by atoms with van der Waals surface area (Å²) in [6.45, 7) is 0.749. The number of hydrazine groups is 1. The van der Waals surface area contributed by atoms with Crippen LogP contribution in [0.5, 0.6) is 0 Å². The minimum absolute atomic E-state index is 0.749. The van der Waals surface area contributed by atoms with Crippen LogP contribution in [0.3, 0.4) is 0 Å². The minimum Gasteiger partial charge on any atom is -0.311 e. The van der Waals surface area contributed by atoms with Crippen LogP contribution in [0.15, 0.2) is 60.7 Å². The van der Waals surface area contributed by atoms with Crippen molar-refractivity contribution in [1.82, 2.24) is 0 Å². The normalized spacial score (nSPS) is 10.2. The van der Waals surface area contributed by atoms with Gasteiger partial charge in [-0.15, -0.1) is 0 Å². The lowest BCUT2D eigenvalue weighted by Gasteiger charge is -2.18. The van der Waals surface area contributed by atoms with E-state index in [4.69, 9.17) is 5.84 Å². The van der Waals surface area contributed by atoms with Gasteiger partial charge in [-0.2, -0.15) is 0 Å². The van der Waals surface area contributed by atoms with Crippen LogP contribution in [0.2, 0.25) is 0 Å². The zero-order valence-electron chi connectivity index (χ0n) is 9.79. The zero-order chi connectivity index (χ0) is 11.9. The maximum atomic E-state index is 5.96. The maximum Gasteiger partial charge on any atom is 0.0517 e. The van der Waals surface area contributed by atoms with Gasteiger partial charge in [0, 0.05) is 6.54 Å². The monoisotopic (exact) mass is 225 g/mol. The molecule has 2 aromatic rings. The molecule has 0 spiro atoms. The van der Waals surface area contributed by atoms with Crippen molar-refractivity contribution >= 4 is 5.69 Å². The average molecular weight is 225 g/mol. The lowest BCUT2D eigenvalue weighted by atomic mass is 10.1. The number of hydrogen-bond donors (Lipinski definition) is 1. The molecule has 2 heteroatoms. The molecule has 87 valence electrons. The van der Waals surface area contributed by atoms with Gasteiger partial charge in [-0.25, -0.2) is 5.84 Å². The highest BCUT2D eigenvalue weighted by atomic mass is 15.4. The maximum absolute atomic E-state index is 5.96. The van der Waals surface area contributed by atoms with E-state index >= 15 is 0 Å². The van der Waals surface area contributed by atoms with Crippen LogP contribution in [0.1, 0.15) is 5.56 Å². The first-order valence-electron chi connectivity index (χ1n) is 5.79. The lowest BCUT2D eigenvalue weighted by molar-refractivity contribution is 0.876. The highest BCUT2D eigenvalue weighted by molar-refractivity contribution is 5.44. The van der Waals surface area contributed by atoms with Crippen LogP contribution < -0.4 is 10.9 Å². The predicted octanol–water partition coefficient (Wildman–Crippen LogP) is 2.81. The number of nitrogens with two attached hydrogens (primary N) is 1. The highest BCUT2D eigenvalue weighted by Gasteiger charge is 2.00. The molecule has 0 atom stereocenters. The fourth-order valence-corrected chi connectivity index (χ4v) is 1.71. The van der Waals surface area contributed by atoms with E-state index in [9.17, 15) is 0 Å². The van der Waals surface area contributed by atoms with Gasteiger partial charge in [-0.1, -0.05) is 48.5 Å². The third-order valence-electron chi connectivity index (χ3n) is 2.64. The number of benzene rings is 2. The van der Waals surface area contributed by atoms with E-state index in [0.717, 1.165) is 18.7 Å². The standard InChI is InChI=1S/C15H17N2/c16-17(15-11-5-2-6-12-15)13-7-10-14-8-3-1-4-9-14/h1-9,11-12H,10,13,16H2. The topological polar surface area (TPSA) is 29.3 Å². The van der Waals surface area contributed by atoms with Gasteiger partial charge >= 0.3 is 0 Å². The van der Waals surface area contributed by atoms with Crippen LogP contribution in [-0.4, -0.2) is 6.54 Å². The van der Waals surface area contributed by atoms with E-state index in [1.54, 1.807) is 5.01 Å². The quantitative estimate of drug-likeness (QED) is 0.626. The van der Waals surface area contributed by atoms with Gasteiger partial charge in [0.2, 0.25) is 0 Å². The number of para-hydroxylation sites is 1. The SMILES string of the molecule is NN(C[CH]Cc1ccccc1)c1ccccc1. The molecule has 0 unspecified atom stereocenters. The first kappa shape index (κ1) is 11.7. The Morgan fingerprint density at radius 2 is 1.47 bits per heavy atom. The largest absolute Gasteiger partial charge is 0.311 e. The van der Waals surface area contributed by atoms with Crippen molar-refractivity contribution in [3.8, 4) is 0 Å². The molecule has 0 saturated carbocycles. The van der Waals surface area contributed by atoms with E-state index < -0.39 is 0 Å². The molecule has 2 nitrogen and oxygen atoms in total. The second-order valence-corrected chi connectivity index (χ2v) is 3.97. The van der Waals surface area contributed by atoms with E-state index in [-0.39, 0.29) is 0 Å². The first-order chi connectivity index (χ1) is 8.36. The van der Waals surface area contributed by atoms with Crippen LogP contribution >= 0.6 is 0 Å². The van der Waals surface area contributed by atoms with Crippen molar-refractivity contribution in [2.75, 3.05) is 11.6 Å². The van der Waals surface area contributed by atoms with Crippen molar-refractivity contribution in [2.24, 2.45) is 5.84 Å². The predicted molar refractivity (Wildman–Crippen MR) is 72.4 cm³/mol. The van der Waals surface area contributed by atoms with Gasteiger partial charge in [0.25, 0.3) is 0 Å². The van der Waals surface area contributed by atoms with Crippen LogP contribution in [0.25, 0.3) is 0 Å². The highest BCUT2D eigenvalue weighted by Crippen LogP contribution is 2.10. The zero-order valence-corrected chi connectivity index (χ0v) is 9.79. The third-order valence-corrected chi connectivity index (χ3v) is 2.64. The summed E-state index contributed by atoms with van der Waals surface area (Å²) in [6.07, 6.45) is 3.13. The van der Waals surface area contributed by atoms with Crippen LogP contribution in [0, 0.1) is 6.42 Å². The fraction of sp³-hybridized carbons (Fsp3) is 0.133. The third kappa shape index (κ3) is 3.61. The Hall–Kier alpha value is -1.80. The van der Waals surface area contributed by atoms with E-state index in [0.29, 0.717) is 0 Å². The molecule has 2 N–H and O–H groups in total. The molecule has 0 aliphatic rings. The molecular formula is C15H17N2. The first-order valence-corrected chi connectivity index (χ1v) is 5.79. The molecule has 0 saturated heterocycles. The summed E-state index contributed by atoms with van der Waals surface area (Å²) in [4.78, 5) is 0. The summed E-state index contributed by atoms with van der Waals surface area (Å²) in [7, 11) is 0. The Morgan fingerprint density at radius 1 is 0.882 bits per heavy atom. The molecule has 0 heterocycles. The van der Waals surface area contributed by atoms with Crippen molar-refractivity contribution in [2.45, 2.75) is 6.42 Å². The summed E-state index contributed by atoms with van der Waals surface area (Å²) in [6, 6.07) is 20.4. The molecule has 0 aliphatic carbocycles. The van der Waals surface area contributed by atoms with Gasteiger partial charge in [0.1, 0.15) is 0 Å². The Bertz CT molecular complexity index is 425. The molecule has 2 aromatic carbocycles. The Labute approximate surface area is 103 Å².